The van der Waals surface area contributed by atoms with Gasteiger partial charge in [0.15, 0.2) is 0 Å². The minimum atomic E-state index is -4.12. The Bertz CT molecular complexity index is 522. The first kappa shape index (κ1) is 12.3. The van der Waals surface area contributed by atoms with E-state index in [9.17, 15) is 13.2 Å². The maximum atomic E-state index is 11.1. The second-order valence-corrected chi connectivity index (χ2v) is 5.81. The predicted octanol–water partition coefficient (Wildman–Crippen LogP) is 2.27. The van der Waals surface area contributed by atoms with Crippen LogP contribution in [0.25, 0.3) is 0 Å². The summed E-state index contributed by atoms with van der Waals surface area (Å²) in [5.41, 5.74) is -0.108. The standard InChI is InChI=1S/C8H6Cl2O4S/c1-4-2-5(9)3-6(15(10,13)14)7(4)8(11)12/h2-3H,1H3,(H,11,12). The van der Waals surface area contributed by atoms with E-state index in [0.29, 0.717) is 0 Å². The minimum absolute atomic E-state index is 0.122. The Morgan fingerprint density at radius 1 is 1.40 bits per heavy atom. The summed E-state index contributed by atoms with van der Waals surface area (Å²) in [6.07, 6.45) is 0. The molecular formula is C8H6Cl2O4S. The molecule has 0 fully saturated rings. The summed E-state index contributed by atoms with van der Waals surface area (Å²) < 4.78 is 22.2. The van der Waals surface area contributed by atoms with Gasteiger partial charge in [0.1, 0.15) is 0 Å². The zero-order chi connectivity index (χ0) is 11.8. The molecule has 0 aliphatic heterocycles. The number of carbonyl (C=O) groups is 1. The van der Waals surface area contributed by atoms with Crippen LogP contribution >= 0.6 is 22.3 Å². The Kier molecular flexibility index (Phi) is 3.28. The smallest absolute Gasteiger partial charge is 0.337 e. The van der Waals surface area contributed by atoms with Gasteiger partial charge in [0, 0.05) is 15.7 Å². The maximum Gasteiger partial charge on any atom is 0.337 e. The van der Waals surface area contributed by atoms with Crippen LogP contribution in [-0.2, 0) is 9.05 Å². The van der Waals surface area contributed by atoms with Crippen molar-refractivity contribution in [1.29, 1.82) is 0 Å². The fourth-order valence-electron chi connectivity index (χ4n) is 1.18. The highest BCUT2D eigenvalue weighted by Crippen LogP contribution is 2.27. The highest BCUT2D eigenvalue weighted by atomic mass is 35.7. The monoisotopic (exact) mass is 268 g/mol. The molecule has 0 spiro atoms. The molecule has 15 heavy (non-hydrogen) atoms. The van der Waals surface area contributed by atoms with Crippen molar-refractivity contribution in [2.45, 2.75) is 11.8 Å². The number of aromatic carboxylic acids is 1. The van der Waals surface area contributed by atoms with Gasteiger partial charge in [-0.3, -0.25) is 0 Å². The SMILES string of the molecule is Cc1cc(Cl)cc(S(=O)(=O)Cl)c1C(=O)O. The van der Waals surface area contributed by atoms with Gasteiger partial charge >= 0.3 is 5.97 Å². The first-order chi connectivity index (χ1) is 6.73. The third-order valence-electron chi connectivity index (χ3n) is 1.74. The van der Waals surface area contributed by atoms with Crippen LogP contribution in [-0.4, -0.2) is 19.5 Å². The van der Waals surface area contributed by atoms with Crippen LogP contribution in [0.1, 0.15) is 15.9 Å². The van der Waals surface area contributed by atoms with Gasteiger partial charge in [-0.1, -0.05) is 11.6 Å². The third kappa shape index (κ3) is 2.62. The molecule has 1 rings (SSSR count). The molecule has 0 saturated carbocycles. The molecular weight excluding hydrogens is 263 g/mol. The van der Waals surface area contributed by atoms with E-state index in [1.165, 1.54) is 13.0 Å². The number of carboxylic acids is 1. The number of hydrogen-bond acceptors (Lipinski definition) is 3. The predicted molar refractivity (Wildman–Crippen MR) is 56.2 cm³/mol. The van der Waals surface area contributed by atoms with E-state index < -0.39 is 19.9 Å². The summed E-state index contributed by atoms with van der Waals surface area (Å²) in [7, 11) is 0.985. The van der Waals surface area contributed by atoms with Crippen molar-refractivity contribution in [2.75, 3.05) is 0 Å². The van der Waals surface area contributed by atoms with Crippen LogP contribution in [0.15, 0.2) is 17.0 Å². The summed E-state index contributed by atoms with van der Waals surface area (Å²) in [6, 6.07) is 2.37. The lowest BCUT2D eigenvalue weighted by molar-refractivity contribution is 0.0692. The van der Waals surface area contributed by atoms with Crippen molar-refractivity contribution in [3.63, 3.8) is 0 Å². The molecule has 1 aromatic carbocycles. The summed E-state index contributed by atoms with van der Waals surface area (Å²) in [5.74, 6) is -1.36. The number of halogens is 2. The van der Waals surface area contributed by atoms with Gasteiger partial charge in [-0.15, -0.1) is 0 Å². The Labute approximate surface area is 95.9 Å². The molecule has 1 N–H and O–H groups in total. The molecule has 1 aromatic rings. The van der Waals surface area contributed by atoms with E-state index in [4.69, 9.17) is 27.4 Å². The zero-order valence-corrected chi connectivity index (χ0v) is 9.82. The van der Waals surface area contributed by atoms with Gasteiger partial charge in [0.05, 0.1) is 10.5 Å². The van der Waals surface area contributed by atoms with E-state index in [1.807, 2.05) is 0 Å². The highest BCUT2D eigenvalue weighted by molar-refractivity contribution is 8.13. The molecule has 0 amide bonds. The average molecular weight is 269 g/mol. The lowest BCUT2D eigenvalue weighted by atomic mass is 10.1. The largest absolute Gasteiger partial charge is 0.478 e. The Morgan fingerprint density at radius 2 is 1.93 bits per heavy atom. The molecule has 82 valence electrons. The number of hydrogen-bond donors (Lipinski definition) is 1. The van der Waals surface area contributed by atoms with Crippen molar-refractivity contribution in [2.24, 2.45) is 0 Å². The first-order valence-corrected chi connectivity index (χ1v) is 6.40. The third-order valence-corrected chi connectivity index (χ3v) is 3.30. The van der Waals surface area contributed by atoms with E-state index >= 15 is 0 Å². The quantitative estimate of drug-likeness (QED) is 0.836. The van der Waals surface area contributed by atoms with Crippen molar-refractivity contribution in [3.8, 4) is 0 Å². The number of rotatable bonds is 2. The summed E-state index contributed by atoms with van der Waals surface area (Å²) in [4.78, 5) is 10.3. The van der Waals surface area contributed by atoms with Crippen molar-refractivity contribution < 1.29 is 18.3 Å². The maximum absolute atomic E-state index is 11.1. The highest BCUT2D eigenvalue weighted by Gasteiger charge is 2.22. The molecule has 0 heterocycles. The van der Waals surface area contributed by atoms with Gasteiger partial charge in [-0.25, -0.2) is 13.2 Å². The second kappa shape index (κ2) is 4.00. The molecule has 0 aromatic heterocycles. The Hall–Kier alpha value is -0.780. The van der Waals surface area contributed by atoms with Gasteiger partial charge in [-0.2, -0.15) is 0 Å². The van der Waals surface area contributed by atoms with Crippen LogP contribution in [0.4, 0.5) is 0 Å². The molecule has 0 radical (unpaired) electrons. The summed E-state index contributed by atoms with van der Waals surface area (Å²) >= 11 is 5.62. The van der Waals surface area contributed by atoms with Crippen molar-refractivity contribution >= 4 is 37.3 Å². The number of aryl methyl sites for hydroxylation is 1. The Balaban J connectivity index is 3.70. The minimum Gasteiger partial charge on any atom is -0.478 e. The van der Waals surface area contributed by atoms with Gasteiger partial charge in [0.2, 0.25) is 0 Å². The van der Waals surface area contributed by atoms with Crippen LogP contribution in [0.2, 0.25) is 5.02 Å². The number of carboxylic acid groups (broad SMARTS) is 1. The van der Waals surface area contributed by atoms with E-state index in [1.54, 1.807) is 0 Å². The lowest BCUT2D eigenvalue weighted by Gasteiger charge is -2.06. The second-order valence-electron chi connectivity index (χ2n) is 2.84. The molecule has 0 saturated heterocycles. The average Bonchev–Trinajstić information content (AvgIpc) is 1.99. The van der Waals surface area contributed by atoms with Crippen LogP contribution in [0.3, 0.4) is 0 Å². The fraction of sp³-hybridized carbons (Fsp3) is 0.125. The lowest BCUT2D eigenvalue weighted by Crippen LogP contribution is -2.07. The topological polar surface area (TPSA) is 71.4 Å². The summed E-state index contributed by atoms with van der Waals surface area (Å²) in [6.45, 7) is 1.45. The van der Waals surface area contributed by atoms with E-state index in [2.05, 4.69) is 0 Å². The molecule has 0 bridgehead atoms. The zero-order valence-electron chi connectivity index (χ0n) is 7.49. The van der Waals surface area contributed by atoms with E-state index in [-0.39, 0.29) is 16.1 Å². The first-order valence-electron chi connectivity index (χ1n) is 3.71. The molecule has 4 nitrogen and oxygen atoms in total. The van der Waals surface area contributed by atoms with Crippen molar-refractivity contribution in [3.05, 3.63) is 28.3 Å². The molecule has 0 aliphatic carbocycles. The number of benzene rings is 1. The van der Waals surface area contributed by atoms with E-state index in [0.717, 1.165) is 6.07 Å². The van der Waals surface area contributed by atoms with Gasteiger partial charge < -0.3 is 5.11 Å². The Morgan fingerprint density at radius 3 is 2.33 bits per heavy atom. The molecule has 0 atom stereocenters. The fourth-order valence-corrected chi connectivity index (χ4v) is 2.64. The van der Waals surface area contributed by atoms with Crippen LogP contribution in [0, 0.1) is 6.92 Å². The summed E-state index contributed by atoms with van der Waals surface area (Å²) in [5, 5.41) is 8.96. The van der Waals surface area contributed by atoms with Gasteiger partial charge in [0.25, 0.3) is 9.05 Å². The van der Waals surface area contributed by atoms with Crippen LogP contribution < -0.4 is 0 Å². The van der Waals surface area contributed by atoms with Crippen LogP contribution in [0.5, 0.6) is 0 Å². The van der Waals surface area contributed by atoms with Gasteiger partial charge in [-0.05, 0) is 24.6 Å². The molecule has 0 aliphatic rings. The van der Waals surface area contributed by atoms with Crippen molar-refractivity contribution in [1.82, 2.24) is 0 Å². The molecule has 0 unspecified atom stereocenters. The normalized spacial score (nSPS) is 11.4. The molecule has 7 heteroatoms.